The molecule has 0 amide bonds. The first-order chi connectivity index (χ1) is 13.2. The minimum absolute atomic E-state index is 0.288. The van der Waals surface area contributed by atoms with E-state index in [1.807, 2.05) is 61.5 Å². The number of aryl methyl sites for hydroxylation is 1. The lowest BCUT2D eigenvalue weighted by Gasteiger charge is -2.17. The molecule has 0 radical (unpaired) electrons. The zero-order chi connectivity index (χ0) is 18.6. The van der Waals surface area contributed by atoms with E-state index in [-0.39, 0.29) is 5.82 Å². The average molecular weight is 359 g/mol. The minimum atomic E-state index is -0.391. The molecule has 0 saturated heterocycles. The van der Waals surface area contributed by atoms with Gasteiger partial charge in [-0.3, -0.25) is 0 Å². The Labute approximate surface area is 156 Å². The molecule has 0 saturated carbocycles. The van der Waals surface area contributed by atoms with E-state index < -0.39 is 6.04 Å². The van der Waals surface area contributed by atoms with Crippen LogP contribution in [0.1, 0.15) is 23.1 Å². The predicted octanol–water partition coefficient (Wildman–Crippen LogP) is 5.39. The summed E-state index contributed by atoms with van der Waals surface area (Å²) in [5, 5.41) is 11.8. The number of hydrogen-bond acceptors (Lipinski definition) is 4. The summed E-state index contributed by atoms with van der Waals surface area (Å²) >= 11 is 0. The highest BCUT2D eigenvalue weighted by Crippen LogP contribution is 2.28. The molecule has 1 heterocycles. The molecule has 4 aromatic rings. The second kappa shape index (κ2) is 7.41. The summed E-state index contributed by atoms with van der Waals surface area (Å²) in [7, 11) is 0. The molecule has 0 aliphatic rings. The molecule has 4 rings (SSSR count). The number of hydrogen-bond donors (Lipinski definition) is 1. The smallest absolute Gasteiger partial charge is 0.247 e. The molecule has 134 valence electrons. The molecular weight excluding hydrogens is 341 g/mol. The fourth-order valence-corrected chi connectivity index (χ4v) is 2.89. The first kappa shape index (κ1) is 17.0. The van der Waals surface area contributed by atoms with Crippen molar-refractivity contribution in [2.45, 2.75) is 13.0 Å². The lowest BCUT2D eigenvalue weighted by atomic mass is 10.1. The Morgan fingerprint density at radius 3 is 2.41 bits per heavy atom. The maximum absolute atomic E-state index is 13.4. The van der Waals surface area contributed by atoms with E-state index in [0.717, 1.165) is 22.4 Å². The minimum Gasteiger partial charge on any atom is -0.418 e. The Bertz CT molecular complexity index is 1030. The van der Waals surface area contributed by atoms with Crippen LogP contribution in [-0.4, -0.2) is 10.2 Å². The third kappa shape index (κ3) is 3.87. The van der Waals surface area contributed by atoms with Gasteiger partial charge in [0.15, 0.2) is 0 Å². The van der Waals surface area contributed by atoms with Crippen molar-refractivity contribution < 1.29 is 8.81 Å². The molecule has 0 bridgehead atoms. The van der Waals surface area contributed by atoms with Crippen molar-refractivity contribution in [2.75, 3.05) is 5.32 Å². The van der Waals surface area contributed by atoms with Crippen LogP contribution < -0.4 is 5.32 Å². The number of rotatable bonds is 5. The van der Waals surface area contributed by atoms with Gasteiger partial charge in [-0.15, -0.1) is 10.2 Å². The van der Waals surface area contributed by atoms with E-state index in [2.05, 4.69) is 15.5 Å². The van der Waals surface area contributed by atoms with Gasteiger partial charge < -0.3 is 9.73 Å². The Kier molecular flexibility index (Phi) is 4.66. The highest BCUT2D eigenvalue weighted by atomic mass is 19.1. The van der Waals surface area contributed by atoms with Gasteiger partial charge in [-0.1, -0.05) is 42.5 Å². The largest absolute Gasteiger partial charge is 0.418 e. The van der Waals surface area contributed by atoms with E-state index in [0.29, 0.717) is 11.8 Å². The highest BCUT2D eigenvalue weighted by Gasteiger charge is 2.21. The highest BCUT2D eigenvalue weighted by molar-refractivity contribution is 5.53. The van der Waals surface area contributed by atoms with Crippen LogP contribution in [0, 0.1) is 12.7 Å². The van der Waals surface area contributed by atoms with Crippen LogP contribution >= 0.6 is 0 Å². The molecule has 1 N–H and O–H groups in total. The molecule has 0 spiro atoms. The Morgan fingerprint density at radius 2 is 1.67 bits per heavy atom. The van der Waals surface area contributed by atoms with E-state index in [4.69, 9.17) is 4.42 Å². The van der Waals surface area contributed by atoms with E-state index in [9.17, 15) is 4.39 Å². The van der Waals surface area contributed by atoms with Gasteiger partial charge in [-0.05, 0) is 54.4 Å². The number of nitrogens with one attached hydrogen (secondary N) is 1. The first-order valence-corrected chi connectivity index (χ1v) is 8.66. The number of aromatic nitrogens is 2. The van der Waals surface area contributed by atoms with Crippen molar-refractivity contribution in [3.8, 4) is 11.5 Å². The van der Waals surface area contributed by atoms with Crippen LogP contribution in [0.4, 0.5) is 10.1 Å². The van der Waals surface area contributed by atoms with Gasteiger partial charge in [0.2, 0.25) is 11.8 Å². The Hall–Kier alpha value is -3.47. The van der Waals surface area contributed by atoms with Gasteiger partial charge in [0.25, 0.3) is 0 Å². The van der Waals surface area contributed by atoms with Gasteiger partial charge in [0.05, 0.1) is 0 Å². The third-order valence-electron chi connectivity index (χ3n) is 4.24. The average Bonchev–Trinajstić information content (AvgIpc) is 3.18. The summed E-state index contributed by atoms with van der Waals surface area (Å²) in [6, 6.07) is 23.5. The maximum Gasteiger partial charge on any atom is 0.247 e. The summed E-state index contributed by atoms with van der Waals surface area (Å²) in [5.74, 6) is 0.578. The number of anilines is 1. The number of nitrogens with zero attached hydrogens (tertiary/aromatic N) is 2. The molecular formula is C22H18FN3O. The molecule has 3 aromatic carbocycles. The van der Waals surface area contributed by atoms with Gasteiger partial charge in [0.1, 0.15) is 11.9 Å². The van der Waals surface area contributed by atoms with Gasteiger partial charge in [-0.25, -0.2) is 4.39 Å². The lowest BCUT2D eigenvalue weighted by Crippen LogP contribution is -2.13. The fourth-order valence-electron chi connectivity index (χ4n) is 2.89. The van der Waals surface area contributed by atoms with E-state index >= 15 is 0 Å². The summed E-state index contributed by atoms with van der Waals surface area (Å²) in [6.45, 7) is 2.03. The molecule has 5 heteroatoms. The molecule has 1 aromatic heterocycles. The lowest BCUT2D eigenvalue weighted by molar-refractivity contribution is 0.494. The standard InChI is InChI=1S/C22H18FN3O/c1-15-6-5-9-19(14-15)24-20(16-10-12-18(23)13-11-16)22-26-25-21(27-22)17-7-3-2-4-8-17/h2-14,20,24H,1H3. The van der Waals surface area contributed by atoms with E-state index in [1.54, 1.807) is 12.1 Å². The number of halogens is 1. The molecule has 0 aliphatic heterocycles. The fraction of sp³-hybridized carbons (Fsp3) is 0.0909. The van der Waals surface area contributed by atoms with Crippen molar-refractivity contribution in [3.63, 3.8) is 0 Å². The van der Waals surface area contributed by atoms with Gasteiger partial charge in [-0.2, -0.15) is 0 Å². The summed E-state index contributed by atoms with van der Waals surface area (Å²) in [6.07, 6.45) is 0. The monoisotopic (exact) mass is 359 g/mol. The third-order valence-corrected chi connectivity index (χ3v) is 4.24. The Morgan fingerprint density at radius 1 is 0.889 bits per heavy atom. The van der Waals surface area contributed by atoms with Crippen LogP contribution in [0.15, 0.2) is 83.3 Å². The molecule has 27 heavy (non-hydrogen) atoms. The van der Waals surface area contributed by atoms with Crippen LogP contribution in [0.5, 0.6) is 0 Å². The van der Waals surface area contributed by atoms with Gasteiger partial charge in [0, 0.05) is 11.3 Å². The molecule has 1 unspecified atom stereocenters. The zero-order valence-electron chi connectivity index (χ0n) is 14.8. The second-order valence-electron chi connectivity index (χ2n) is 6.31. The van der Waals surface area contributed by atoms with Crippen LogP contribution in [-0.2, 0) is 0 Å². The van der Waals surface area contributed by atoms with Crippen LogP contribution in [0.2, 0.25) is 0 Å². The first-order valence-electron chi connectivity index (χ1n) is 8.66. The summed E-state index contributed by atoms with van der Waals surface area (Å²) < 4.78 is 19.3. The van der Waals surface area contributed by atoms with Crippen molar-refractivity contribution in [1.82, 2.24) is 10.2 Å². The topological polar surface area (TPSA) is 51.0 Å². The quantitative estimate of drug-likeness (QED) is 0.519. The molecule has 0 aliphatic carbocycles. The normalized spacial score (nSPS) is 11.9. The van der Waals surface area contributed by atoms with Crippen LogP contribution in [0.3, 0.4) is 0 Å². The Balaban J connectivity index is 1.71. The van der Waals surface area contributed by atoms with Crippen molar-refractivity contribution in [3.05, 3.63) is 102 Å². The predicted molar refractivity (Wildman–Crippen MR) is 103 cm³/mol. The zero-order valence-corrected chi connectivity index (χ0v) is 14.8. The van der Waals surface area contributed by atoms with Gasteiger partial charge >= 0.3 is 0 Å². The summed E-state index contributed by atoms with van der Waals surface area (Å²) in [5.41, 5.74) is 3.74. The summed E-state index contributed by atoms with van der Waals surface area (Å²) in [4.78, 5) is 0. The van der Waals surface area contributed by atoms with E-state index in [1.165, 1.54) is 12.1 Å². The molecule has 0 fully saturated rings. The van der Waals surface area contributed by atoms with Crippen molar-refractivity contribution in [1.29, 1.82) is 0 Å². The van der Waals surface area contributed by atoms with Crippen LogP contribution in [0.25, 0.3) is 11.5 Å². The SMILES string of the molecule is Cc1cccc(NC(c2ccc(F)cc2)c2nnc(-c3ccccc3)o2)c1. The molecule has 4 nitrogen and oxygen atoms in total. The second-order valence-corrected chi connectivity index (χ2v) is 6.31. The number of benzene rings is 3. The van der Waals surface area contributed by atoms with Crippen molar-refractivity contribution >= 4 is 5.69 Å². The maximum atomic E-state index is 13.4. The molecule has 1 atom stereocenters. The van der Waals surface area contributed by atoms with Crippen molar-refractivity contribution in [2.24, 2.45) is 0 Å².